The average Bonchev–Trinajstić information content (AvgIpc) is 3.97. The second-order valence-electron chi connectivity index (χ2n) is 26.2. The summed E-state index contributed by atoms with van der Waals surface area (Å²) in [5, 5.41) is 142. The van der Waals surface area contributed by atoms with Crippen molar-refractivity contribution in [2.45, 2.75) is 252 Å². The normalized spacial score (nSPS) is 57.6. The van der Waals surface area contributed by atoms with Crippen LogP contribution in [0.15, 0.2) is 0 Å². The fourth-order valence-corrected chi connectivity index (χ4v) is 16.8. The van der Waals surface area contributed by atoms with E-state index in [1.54, 1.807) is 0 Å². The molecule has 11 fully saturated rings. The third-order valence-electron chi connectivity index (χ3n) is 21.5. The van der Waals surface area contributed by atoms with E-state index >= 15 is 0 Å². The number of fused-ring (bicyclic) bond motifs is 7. The van der Waals surface area contributed by atoms with Crippen molar-refractivity contribution in [1.82, 2.24) is 0 Å². The van der Waals surface area contributed by atoms with Crippen molar-refractivity contribution in [2.75, 3.05) is 33.0 Å². The maximum Gasteiger partial charge on any atom is 0.187 e. The van der Waals surface area contributed by atoms with Crippen molar-refractivity contribution in [2.24, 2.45) is 52.3 Å². The van der Waals surface area contributed by atoms with Crippen LogP contribution in [0.4, 0.5) is 0 Å². The Kier molecular flexibility index (Phi) is 17.9. The first-order valence-corrected chi connectivity index (χ1v) is 29.4. The fourth-order valence-electron chi connectivity index (χ4n) is 16.8. The van der Waals surface area contributed by atoms with Crippen molar-refractivity contribution >= 4 is 5.78 Å². The molecule has 13 N–H and O–H groups in total. The number of hydrogen-bond acceptors (Lipinski definition) is 26. The molecule has 0 aromatic heterocycles. The highest BCUT2D eigenvalue weighted by Gasteiger charge is 2.70. The Morgan fingerprint density at radius 3 is 1.78 bits per heavy atom. The van der Waals surface area contributed by atoms with Crippen LogP contribution in [0.2, 0.25) is 0 Å². The Hall–Kier alpha value is -1.33. The van der Waals surface area contributed by atoms with Gasteiger partial charge >= 0.3 is 0 Å². The molecule has 7 aliphatic heterocycles. The molecule has 11 aliphatic rings. The Balaban J connectivity index is 0.842. The van der Waals surface area contributed by atoms with Crippen LogP contribution in [0.25, 0.3) is 0 Å². The number of ketones is 1. The largest absolute Gasteiger partial charge is 0.394 e. The highest BCUT2D eigenvalue weighted by Crippen LogP contribution is 2.71. The number of Topliss-reactive ketones (excluding diaryl/α,β-unsaturated/α-hetero) is 1. The second-order valence-corrected chi connectivity index (χ2v) is 26.2. The van der Waals surface area contributed by atoms with Crippen molar-refractivity contribution in [3.63, 3.8) is 0 Å². The first-order valence-electron chi connectivity index (χ1n) is 29.4. The summed E-state index contributed by atoms with van der Waals surface area (Å²) in [7, 11) is 0. The fraction of sp³-hybridized carbons (Fsp3) is 0.982. The molecule has 0 aromatic rings. The van der Waals surface area contributed by atoms with E-state index in [9.17, 15) is 71.2 Å². The zero-order valence-electron chi connectivity index (χ0n) is 46.5. The van der Waals surface area contributed by atoms with Crippen molar-refractivity contribution < 1.29 is 128 Å². The molecular formula is C55H88O26. The second kappa shape index (κ2) is 23.6. The van der Waals surface area contributed by atoms with Crippen LogP contribution in [0.1, 0.15) is 92.4 Å². The lowest BCUT2D eigenvalue weighted by atomic mass is 9.44. The van der Waals surface area contributed by atoms with Gasteiger partial charge < -0.3 is 123 Å². The first kappa shape index (κ1) is 61.3. The molecule has 464 valence electrons. The number of hydrogen-bond donors (Lipinski definition) is 13. The van der Waals surface area contributed by atoms with Crippen LogP contribution in [0.5, 0.6) is 0 Å². The number of rotatable bonds is 12. The van der Waals surface area contributed by atoms with E-state index < -0.39 is 180 Å². The summed E-state index contributed by atoms with van der Waals surface area (Å²) < 4.78 is 74.1. The summed E-state index contributed by atoms with van der Waals surface area (Å²) in [6.07, 6.45) is -34.4. The molecule has 26 nitrogen and oxygen atoms in total. The highest BCUT2D eigenvalue weighted by atomic mass is 16.8. The summed E-state index contributed by atoms with van der Waals surface area (Å²) in [6.45, 7) is 8.40. The van der Waals surface area contributed by atoms with Crippen LogP contribution in [-0.4, -0.2) is 265 Å². The molecule has 7 heterocycles. The molecular weight excluding hydrogens is 1080 g/mol. The number of aliphatic hydroxyl groups is 13. The Bertz CT molecular complexity index is 2160. The standard InChI is InChI=1S/C55H88O26/c1-20-8-11-55(72-17-20)21(2)34-31(81-55)13-26-24-7-6-23-12-30(27(58)14-54(23,5)25(24)9-10-53(26,34)4)74-51-46(79-50-42(68)39(65)35(61)22(3)73-50)43(69)44(33(16-57)76-51)77-52-47(80-49-41(67)37(63)29(60)19-71-49)45(38(64)32(15-56)75-52)78-48-40(66)36(62)28(59)18-70-48/h20-26,28-52,56-57,59-69H,6-19H2,1-5H3/t20-,21-,22-,23-,24+,25-,26-,28+,29-,30?,31?,32+,33+,34?,35-,36-,37-,38+,39+,40+,41+,42+,43-,44-,45-,46+,47+,48-,49-,50-,51+,52-,53-,54-,55+/m0/s1. The van der Waals surface area contributed by atoms with Crippen molar-refractivity contribution in [3.05, 3.63) is 0 Å². The predicted octanol–water partition coefficient (Wildman–Crippen LogP) is -3.60. The van der Waals surface area contributed by atoms with Gasteiger partial charge in [0.1, 0.15) is 110 Å². The Labute approximate surface area is 469 Å². The maximum atomic E-state index is 14.8. The van der Waals surface area contributed by atoms with Gasteiger partial charge in [-0.3, -0.25) is 4.79 Å². The highest BCUT2D eigenvalue weighted by molar-refractivity contribution is 5.84. The molecule has 0 aromatic carbocycles. The minimum absolute atomic E-state index is 0.0382. The van der Waals surface area contributed by atoms with Gasteiger partial charge in [-0.05, 0) is 98.2 Å². The van der Waals surface area contributed by atoms with Crippen LogP contribution < -0.4 is 0 Å². The van der Waals surface area contributed by atoms with Gasteiger partial charge in [-0.2, -0.15) is 0 Å². The summed E-state index contributed by atoms with van der Waals surface area (Å²) in [5.74, 6) is 1.52. The smallest absolute Gasteiger partial charge is 0.187 e. The molecule has 81 heavy (non-hydrogen) atoms. The van der Waals surface area contributed by atoms with Crippen LogP contribution in [-0.2, 0) is 61.6 Å². The maximum absolute atomic E-state index is 14.8. The number of carbonyl (C=O) groups is 1. The zero-order valence-corrected chi connectivity index (χ0v) is 46.5. The van der Waals surface area contributed by atoms with Crippen molar-refractivity contribution in [1.29, 1.82) is 0 Å². The average molecular weight is 1170 g/mol. The van der Waals surface area contributed by atoms with Crippen LogP contribution in [0, 0.1) is 52.3 Å². The van der Waals surface area contributed by atoms with Gasteiger partial charge in [-0.15, -0.1) is 0 Å². The molecule has 1 spiro atoms. The molecule has 4 saturated carbocycles. The lowest BCUT2D eigenvalue weighted by Crippen LogP contribution is -2.69. The molecule has 0 amide bonds. The monoisotopic (exact) mass is 1160 g/mol. The first-order chi connectivity index (χ1) is 38.4. The third kappa shape index (κ3) is 10.7. The van der Waals surface area contributed by atoms with E-state index in [0.717, 1.165) is 44.9 Å². The molecule has 26 heteroatoms. The quantitative estimate of drug-likeness (QED) is 0.0840. The summed E-state index contributed by atoms with van der Waals surface area (Å²) in [4.78, 5) is 14.8. The number of ether oxygens (including phenoxy) is 12. The predicted molar refractivity (Wildman–Crippen MR) is 268 cm³/mol. The van der Waals surface area contributed by atoms with E-state index in [4.69, 9.17) is 56.8 Å². The molecule has 4 aliphatic carbocycles. The van der Waals surface area contributed by atoms with E-state index in [0.29, 0.717) is 36.7 Å². The molecule has 3 unspecified atom stereocenters. The van der Waals surface area contributed by atoms with Gasteiger partial charge in [-0.25, -0.2) is 0 Å². The molecule has 0 bridgehead atoms. The summed E-state index contributed by atoms with van der Waals surface area (Å²) in [5.41, 5.74) is -0.302. The zero-order chi connectivity index (χ0) is 57.9. The van der Waals surface area contributed by atoms with E-state index in [-0.39, 0.29) is 46.9 Å². The Morgan fingerprint density at radius 1 is 0.531 bits per heavy atom. The minimum atomic E-state index is -2.02. The SMILES string of the molecule is C[C@H]1CC[C@@]2(OC1)OC1C[C@H]3[C@@H]4CC[C@H]5CC(O[C@@H]6O[C@H](CO)[C@H](O[C@@H]7O[C@H](CO)[C@@H](O)[C@H](O[C@@H]8OC[C@@H](O)[C@H](O)[C@H]8O)[C@H]7O[C@@H]7OC[C@H](O)[C@H](O)[C@H]7O)[C@H](O)[C@H]6O[C@@H]6O[C@@H](C)[C@H](O)[C@@H](O)[C@H]6O)C(=O)C[C@]5(C)[C@H]4CC[C@]3(C)C1[C@@H]2C. The van der Waals surface area contributed by atoms with E-state index in [1.807, 2.05) is 0 Å². The van der Waals surface area contributed by atoms with Gasteiger partial charge in [-0.1, -0.05) is 27.7 Å². The third-order valence-corrected chi connectivity index (χ3v) is 21.5. The van der Waals surface area contributed by atoms with Gasteiger partial charge in [0.2, 0.25) is 0 Å². The van der Waals surface area contributed by atoms with Crippen molar-refractivity contribution in [3.8, 4) is 0 Å². The van der Waals surface area contributed by atoms with E-state index in [2.05, 4.69) is 27.7 Å². The van der Waals surface area contributed by atoms with Gasteiger partial charge in [0.05, 0.1) is 45.2 Å². The molecule has 0 radical (unpaired) electrons. The number of aliphatic hydroxyl groups excluding tert-OH is 13. The van der Waals surface area contributed by atoms with Crippen LogP contribution in [0.3, 0.4) is 0 Å². The summed E-state index contributed by atoms with van der Waals surface area (Å²) >= 11 is 0. The molecule has 11 rings (SSSR count). The lowest BCUT2D eigenvalue weighted by molar-refractivity contribution is -0.407. The van der Waals surface area contributed by atoms with Gasteiger partial charge in [0.25, 0.3) is 0 Å². The van der Waals surface area contributed by atoms with Gasteiger partial charge in [0, 0.05) is 18.8 Å². The molecule has 35 atom stereocenters. The minimum Gasteiger partial charge on any atom is -0.394 e. The number of carbonyl (C=O) groups excluding carboxylic acids is 1. The Morgan fingerprint density at radius 2 is 1.14 bits per heavy atom. The van der Waals surface area contributed by atoms with Crippen LogP contribution >= 0.6 is 0 Å². The summed E-state index contributed by atoms with van der Waals surface area (Å²) in [6, 6.07) is 0. The van der Waals surface area contributed by atoms with Gasteiger partial charge in [0.15, 0.2) is 43.0 Å². The lowest BCUT2D eigenvalue weighted by Gasteiger charge is -2.61. The molecule has 7 saturated heterocycles. The topological polar surface area (TPSA) is 391 Å². The van der Waals surface area contributed by atoms with E-state index in [1.165, 1.54) is 6.92 Å².